The van der Waals surface area contributed by atoms with Crippen molar-refractivity contribution in [2.24, 2.45) is 11.1 Å². The van der Waals surface area contributed by atoms with Gasteiger partial charge in [-0.2, -0.15) is 0 Å². The van der Waals surface area contributed by atoms with E-state index in [1.807, 2.05) is 0 Å². The number of hydrogen-bond donors (Lipinski definition) is 2. The molecule has 3 rings (SSSR count). The van der Waals surface area contributed by atoms with Crippen LogP contribution in [-0.2, 0) is 9.84 Å². The molecule has 1 aliphatic heterocycles. The highest BCUT2D eigenvalue weighted by atomic mass is 32.2. The van der Waals surface area contributed by atoms with E-state index >= 15 is 0 Å². The minimum Gasteiger partial charge on any atom is -0.391 e. The zero-order chi connectivity index (χ0) is 16.4. The fourth-order valence-electron chi connectivity index (χ4n) is 2.66. The Morgan fingerprint density at radius 2 is 2.17 bits per heavy atom. The van der Waals surface area contributed by atoms with Crippen LogP contribution in [0.2, 0.25) is 0 Å². The number of fused-ring (bicyclic) bond motifs is 1. The second kappa shape index (κ2) is 5.99. The van der Waals surface area contributed by atoms with Gasteiger partial charge in [0.05, 0.1) is 17.0 Å². The molecule has 1 atom stereocenters. The molecule has 2 N–H and O–H groups in total. The van der Waals surface area contributed by atoms with Crippen LogP contribution in [0, 0.1) is 10.8 Å². The average Bonchev–Trinajstić information content (AvgIpc) is 3.04. The Bertz CT molecular complexity index is 858. The van der Waals surface area contributed by atoms with Crippen LogP contribution < -0.4 is 10.1 Å². The normalized spacial score (nSPS) is 19.6. The Balaban J connectivity index is 1.65. The van der Waals surface area contributed by atoms with Crippen molar-refractivity contribution in [2.45, 2.75) is 6.42 Å². The molecular formula is C14H15N3O5S. The first-order chi connectivity index (χ1) is 11.0. The number of nitrogens with zero attached hydrogens (tertiary/aromatic N) is 1. The SMILES string of the molecule is O=Nc1c(OC(=O)NCC2CCS(=O)(=O)C2)[nH]c2ccccc12. The monoisotopic (exact) mass is 337 g/mol. The summed E-state index contributed by atoms with van der Waals surface area (Å²) in [6.45, 7) is 0.210. The van der Waals surface area contributed by atoms with Gasteiger partial charge in [0.15, 0.2) is 15.5 Å². The third kappa shape index (κ3) is 3.34. The highest BCUT2D eigenvalue weighted by molar-refractivity contribution is 7.91. The van der Waals surface area contributed by atoms with Gasteiger partial charge in [-0.1, -0.05) is 18.2 Å². The molecule has 1 aliphatic rings. The second-order valence-electron chi connectivity index (χ2n) is 5.48. The summed E-state index contributed by atoms with van der Waals surface area (Å²) in [6.07, 6.45) is -0.235. The zero-order valence-electron chi connectivity index (χ0n) is 12.1. The number of amides is 1. The summed E-state index contributed by atoms with van der Waals surface area (Å²) in [5.41, 5.74) is 0.658. The molecule has 9 heteroatoms. The molecular weight excluding hydrogens is 322 g/mol. The Morgan fingerprint density at radius 3 is 2.87 bits per heavy atom. The topological polar surface area (TPSA) is 118 Å². The number of aromatic amines is 1. The Hall–Kier alpha value is -2.42. The van der Waals surface area contributed by atoms with Crippen LogP contribution in [0.1, 0.15) is 6.42 Å². The summed E-state index contributed by atoms with van der Waals surface area (Å²) >= 11 is 0. The molecule has 1 saturated heterocycles. The van der Waals surface area contributed by atoms with E-state index in [4.69, 9.17) is 4.74 Å². The number of hydrogen-bond acceptors (Lipinski definition) is 6. The van der Waals surface area contributed by atoms with Crippen LogP contribution >= 0.6 is 0 Å². The number of H-pyrrole nitrogens is 1. The van der Waals surface area contributed by atoms with Crippen LogP contribution in [0.4, 0.5) is 10.5 Å². The van der Waals surface area contributed by atoms with Crippen LogP contribution in [-0.4, -0.2) is 37.5 Å². The number of para-hydroxylation sites is 1. The molecule has 2 aromatic rings. The van der Waals surface area contributed by atoms with Gasteiger partial charge in [-0.15, -0.1) is 4.91 Å². The maximum atomic E-state index is 11.8. The van der Waals surface area contributed by atoms with Gasteiger partial charge in [0.1, 0.15) is 0 Å². The number of aromatic nitrogens is 1. The van der Waals surface area contributed by atoms with Gasteiger partial charge in [-0.25, -0.2) is 13.2 Å². The summed E-state index contributed by atoms with van der Waals surface area (Å²) < 4.78 is 27.8. The van der Waals surface area contributed by atoms with Crippen molar-refractivity contribution in [3.63, 3.8) is 0 Å². The lowest BCUT2D eigenvalue weighted by Gasteiger charge is -2.09. The maximum absolute atomic E-state index is 11.8. The van der Waals surface area contributed by atoms with Crippen molar-refractivity contribution in [1.82, 2.24) is 10.3 Å². The van der Waals surface area contributed by atoms with E-state index in [1.54, 1.807) is 24.3 Å². The van der Waals surface area contributed by atoms with Gasteiger partial charge in [0.2, 0.25) is 5.88 Å². The van der Waals surface area contributed by atoms with Crippen molar-refractivity contribution < 1.29 is 17.9 Å². The highest BCUT2D eigenvalue weighted by Gasteiger charge is 2.28. The number of carbonyl (C=O) groups is 1. The molecule has 1 aromatic carbocycles. The number of sulfone groups is 1. The predicted octanol–water partition coefficient (Wildman–Crippen LogP) is 2.09. The molecule has 23 heavy (non-hydrogen) atoms. The van der Waals surface area contributed by atoms with E-state index in [0.717, 1.165) is 0 Å². The quantitative estimate of drug-likeness (QED) is 0.828. The molecule has 1 unspecified atom stereocenters. The van der Waals surface area contributed by atoms with Crippen molar-refractivity contribution in [1.29, 1.82) is 0 Å². The lowest BCUT2D eigenvalue weighted by Crippen LogP contribution is -2.32. The zero-order valence-corrected chi connectivity index (χ0v) is 12.9. The van der Waals surface area contributed by atoms with Gasteiger partial charge >= 0.3 is 6.09 Å². The second-order valence-corrected chi connectivity index (χ2v) is 7.71. The van der Waals surface area contributed by atoms with Gasteiger partial charge < -0.3 is 15.0 Å². The van der Waals surface area contributed by atoms with Crippen molar-refractivity contribution in [3.8, 4) is 5.88 Å². The van der Waals surface area contributed by atoms with Crippen LogP contribution in [0.5, 0.6) is 5.88 Å². The van der Waals surface area contributed by atoms with E-state index in [0.29, 0.717) is 17.3 Å². The predicted molar refractivity (Wildman–Crippen MR) is 84.5 cm³/mol. The number of benzene rings is 1. The average molecular weight is 337 g/mol. The summed E-state index contributed by atoms with van der Waals surface area (Å²) in [7, 11) is -2.98. The van der Waals surface area contributed by atoms with Crippen LogP contribution in [0.25, 0.3) is 10.9 Å². The summed E-state index contributed by atoms with van der Waals surface area (Å²) in [5.74, 6) is 0.0767. The molecule has 0 bridgehead atoms. The van der Waals surface area contributed by atoms with Gasteiger partial charge in [0.25, 0.3) is 0 Å². The number of carbonyl (C=O) groups excluding carboxylic acids is 1. The molecule has 0 radical (unpaired) electrons. The fourth-order valence-corrected chi connectivity index (χ4v) is 4.52. The molecule has 0 saturated carbocycles. The summed E-state index contributed by atoms with van der Waals surface area (Å²) in [6, 6.07) is 6.95. The number of rotatable bonds is 4. The molecule has 122 valence electrons. The molecule has 0 aliphatic carbocycles. The third-order valence-electron chi connectivity index (χ3n) is 3.79. The van der Waals surface area contributed by atoms with Crippen molar-refractivity contribution in [3.05, 3.63) is 29.2 Å². The first-order valence-electron chi connectivity index (χ1n) is 7.08. The highest BCUT2D eigenvalue weighted by Crippen LogP contribution is 2.35. The largest absolute Gasteiger partial charge is 0.413 e. The van der Waals surface area contributed by atoms with Crippen LogP contribution in [0.3, 0.4) is 0 Å². The smallest absolute Gasteiger partial charge is 0.391 e. The third-order valence-corrected chi connectivity index (χ3v) is 5.63. The van der Waals surface area contributed by atoms with Gasteiger partial charge in [-0.3, -0.25) is 0 Å². The molecule has 0 spiro atoms. The Kier molecular flexibility index (Phi) is 4.03. The minimum atomic E-state index is -2.98. The number of nitroso groups, excluding NO2 is 1. The minimum absolute atomic E-state index is 0.0270. The Morgan fingerprint density at radius 1 is 1.39 bits per heavy atom. The van der Waals surface area contributed by atoms with E-state index in [-0.39, 0.29) is 35.5 Å². The summed E-state index contributed by atoms with van der Waals surface area (Å²) in [5, 5.41) is 5.98. The van der Waals surface area contributed by atoms with Gasteiger partial charge in [0, 0.05) is 11.9 Å². The first-order valence-corrected chi connectivity index (χ1v) is 8.91. The standard InChI is InChI=1S/C14H15N3O5S/c18-14(15-7-9-5-6-23(20,21)8-9)22-13-12(17-19)10-3-1-2-4-11(10)16-13/h1-4,9,16H,5-8H2,(H,15,18). The number of ether oxygens (including phenoxy) is 1. The van der Waals surface area contributed by atoms with E-state index in [2.05, 4.69) is 15.5 Å². The van der Waals surface area contributed by atoms with E-state index in [9.17, 15) is 18.1 Å². The first kappa shape index (κ1) is 15.5. The van der Waals surface area contributed by atoms with Crippen LogP contribution in [0.15, 0.2) is 29.4 Å². The van der Waals surface area contributed by atoms with Crippen molar-refractivity contribution >= 4 is 32.5 Å². The molecule has 1 aromatic heterocycles. The Labute approximate surface area is 132 Å². The fraction of sp³-hybridized carbons (Fsp3) is 0.357. The maximum Gasteiger partial charge on any atom is 0.413 e. The van der Waals surface area contributed by atoms with E-state index < -0.39 is 15.9 Å². The molecule has 8 nitrogen and oxygen atoms in total. The lowest BCUT2D eigenvalue weighted by atomic mass is 10.1. The number of nitrogens with one attached hydrogen (secondary N) is 2. The molecule has 2 heterocycles. The lowest BCUT2D eigenvalue weighted by molar-refractivity contribution is 0.197. The van der Waals surface area contributed by atoms with E-state index in [1.165, 1.54) is 0 Å². The molecule has 1 amide bonds. The van der Waals surface area contributed by atoms with Crippen molar-refractivity contribution in [2.75, 3.05) is 18.1 Å². The van der Waals surface area contributed by atoms with Gasteiger partial charge in [-0.05, 0) is 23.6 Å². The molecule has 1 fully saturated rings. The summed E-state index contributed by atoms with van der Waals surface area (Å²) in [4.78, 5) is 25.6.